The molecule has 1 saturated heterocycles. The Kier molecular flexibility index (Phi) is 4.46. The minimum absolute atomic E-state index is 0.167. The zero-order valence-electron chi connectivity index (χ0n) is 12.0. The van der Waals surface area contributed by atoms with Crippen LogP contribution in [-0.4, -0.2) is 24.1 Å². The van der Waals surface area contributed by atoms with Gasteiger partial charge >= 0.3 is 0 Å². The van der Waals surface area contributed by atoms with E-state index < -0.39 is 0 Å². The van der Waals surface area contributed by atoms with Crippen LogP contribution < -0.4 is 10.2 Å². The molecular formula is C17H20FN3. The van der Waals surface area contributed by atoms with Gasteiger partial charge in [-0.2, -0.15) is 0 Å². The summed E-state index contributed by atoms with van der Waals surface area (Å²) < 4.78 is 13.1. The highest BCUT2D eigenvalue weighted by Crippen LogP contribution is 2.17. The summed E-state index contributed by atoms with van der Waals surface area (Å²) in [5.41, 5.74) is 1.00. The van der Waals surface area contributed by atoms with Crippen LogP contribution in [0.2, 0.25) is 0 Å². The van der Waals surface area contributed by atoms with Crippen LogP contribution in [0.5, 0.6) is 0 Å². The predicted molar refractivity (Wildman–Crippen MR) is 82.7 cm³/mol. The third-order valence-corrected chi connectivity index (χ3v) is 3.95. The molecule has 1 aliphatic heterocycles. The van der Waals surface area contributed by atoms with Crippen LogP contribution in [0, 0.1) is 5.82 Å². The number of hydrogen-bond donors (Lipinski definition) is 1. The van der Waals surface area contributed by atoms with Gasteiger partial charge in [0.05, 0.1) is 0 Å². The molecule has 0 amide bonds. The van der Waals surface area contributed by atoms with Crippen molar-refractivity contribution in [3.8, 4) is 0 Å². The van der Waals surface area contributed by atoms with Gasteiger partial charge in [-0.25, -0.2) is 9.37 Å². The van der Waals surface area contributed by atoms with Gasteiger partial charge in [-0.05, 0) is 42.7 Å². The monoisotopic (exact) mass is 285 g/mol. The first-order valence-electron chi connectivity index (χ1n) is 7.45. The third kappa shape index (κ3) is 3.79. The van der Waals surface area contributed by atoms with Crippen LogP contribution in [0.15, 0.2) is 48.7 Å². The highest BCUT2D eigenvalue weighted by molar-refractivity contribution is 5.38. The van der Waals surface area contributed by atoms with E-state index in [1.807, 2.05) is 24.4 Å². The largest absolute Gasteiger partial charge is 0.357 e. The molecule has 1 aromatic carbocycles. The zero-order valence-corrected chi connectivity index (χ0v) is 12.0. The first-order valence-corrected chi connectivity index (χ1v) is 7.45. The molecule has 1 N–H and O–H groups in total. The lowest BCUT2D eigenvalue weighted by Crippen LogP contribution is -2.42. The second-order valence-corrected chi connectivity index (χ2v) is 5.46. The summed E-state index contributed by atoms with van der Waals surface area (Å²) in [6.45, 7) is 2.75. The van der Waals surface area contributed by atoms with E-state index in [-0.39, 0.29) is 5.82 Å². The first-order chi connectivity index (χ1) is 10.3. The minimum Gasteiger partial charge on any atom is -0.357 e. The quantitative estimate of drug-likeness (QED) is 0.936. The van der Waals surface area contributed by atoms with Gasteiger partial charge in [0.1, 0.15) is 11.6 Å². The topological polar surface area (TPSA) is 28.2 Å². The molecule has 0 bridgehead atoms. The molecule has 0 aliphatic carbocycles. The van der Waals surface area contributed by atoms with Gasteiger partial charge in [0.2, 0.25) is 0 Å². The van der Waals surface area contributed by atoms with Crippen molar-refractivity contribution in [1.82, 2.24) is 10.3 Å². The van der Waals surface area contributed by atoms with E-state index in [0.717, 1.165) is 43.9 Å². The summed E-state index contributed by atoms with van der Waals surface area (Å²) in [6.07, 6.45) is 4.02. The molecule has 0 atom stereocenters. The third-order valence-electron chi connectivity index (χ3n) is 3.95. The van der Waals surface area contributed by atoms with Crippen LogP contribution in [0.1, 0.15) is 18.4 Å². The standard InChI is InChI=1S/C17H20FN3/c18-15-5-3-4-14(12-15)13-20-16-7-10-21(11-8-16)17-6-1-2-9-19-17/h1-6,9,12,16,20H,7-8,10-11,13H2. The Balaban J connectivity index is 1.48. The number of hydrogen-bond acceptors (Lipinski definition) is 3. The van der Waals surface area contributed by atoms with E-state index in [1.165, 1.54) is 6.07 Å². The average Bonchev–Trinajstić information content (AvgIpc) is 2.54. The molecule has 4 heteroatoms. The van der Waals surface area contributed by atoms with Crippen molar-refractivity contribution in [3.63, 3.8) is 0 Å². The molecule has 0 saturated carbocycles. The summed E-state index contributed by atoms with van der Waals surface area (Å²) >= 11 is 0. The Morgan fingerprint density at radius 1 is 1.14 bits per heavy atom. The molecule has 0 spiro atoms. The van der Waals surface area contributed by atoms with Crippen LogP contribution in [0.3, 0.4) is 0 Å². The van der Waals surface area contributed by atoms with E-state index in [9.17, 15) is 4.39 Å². The van der Waals surface area contributed by atoms with E-state index in [4.69, 9.17) is 0 Å². The Labute approximate surface area is 124 Å². The molecule has 1 aromatic heterocycles. The highest BCUT2D eigenvalue weighted by Gasteiger charge is 2.19. The number of rotatable bonds is 4. The zero-order chi connectivity index (χ0) is 14.5. The molecule has 3 rings (SSSR count). The van der Waals surface area contributed by atoms with Crippen LogP contribution >= 0.6 is 0 Å². The smallest absolute Gasteiger partial charge is 0.128 e. The van der Waals surface area contributed by atoms with Gasteiger partial charge in [0, 0.05) is 31.9 Å². The summed E-state index contributed by atoms with van der Waals surface area (Å²) in [7, 11) is 0. The molecule has 3 nitrogen and oxygen atoms in total. The molecule has 110 valence electrons. The molecular weight excluding hydrogens is 265 g/mol. The fraction of sp³-hybridized carbons (Fsp3) is 0.353. The van der Waals surface area contributed by atoms with Crippen molar-refractivity contribution >= 4 is 5.82 Å². The van der Waals surface area contributed by atoms with Crippen LogP contribution in [-0.2, 0) is 6.54 Å². The molecule has 0 radical (unpaired) electrons. The van der Waals surface area contributed by atoms with E-state index in [0.29, 0.717) is 6.04 Å². The van der Waals surface area contributed by atoms with Gasteiger partial charge in [-0.3, -0.25) is 0 Å². The second kappa shape index (κ2) is 6.68. The van der Waals surface area contributed by atoms with Gasteiger partial charge in [-0.15, -0.1) is 0 Å². The van der Waals surface area contributed by atoms with Crippen molar-refractivity contribution in [1.29, 1.82) is 0 Å². The number of piperidine rings is 1. The summed E-state index contributed by atoms with van der Waals surface area (Å²) in [4.78, 5) is 6.71. The Hall–Kier alpha value is -1.94. The van der Waals surface area contributed by atoms with E-state index >= 15 is 0 Å². The molecule has 1 aliphatic rings. The Morgan fingerprint density at radius 3 is 2.71 bits per heavy atom. The number of nitrogens with one attached hydrogen (secondary N) is 1. The normalized spacial score (nSPS) is 16.1. The summed E-state index contributed by atoms with van der Waals surface area (Å²) in [5, 5.41) is 3.52. The maximum Gasteiger partial charge on any atom is 0.128 e. The number of aromatic nitrogens is 1. The van der Waals surface area contributed by atoms with Crippen LogP contribution in [0.4, 0.5) is 10.2 Å². The molecule has 0 unspecified atom stereocenters. The first kappa shape index (κ1) is 14.0. The van der Waals surface area contributed by atoms with Crippen molar-refractivity contribution in [2.24, 2.45) is 0 Å². The summed E-state index contributed by atoms with van der Waals surface area (Å²) in [6, 6.07) is 13.3. The molecule has 21 heavy (non-hydrogen) atoms. The number of anilines is 1. The van der Waals surface area contributed by atoms with E-state index in [1.54, 1.807) is 12.1 Å². The molecule has 1 fully saturated rings. The Bertz CT molecular complexity index is 565. The van der Waals surface area contributed by atoms with Crippen molar-refractivity contribution < 1.29 is 4.39 Å². The van der Waals surface area contributed by atoms with Gasteiger partial charge in [0.25, 0.3) is 0 Å². The highest BCUT2D eigenvalue weighted by atomic mass is 19.1. The van der Waals surface area contributed by atoms with Gasteiger partial charge in [0.15, 0.2) is 0 Å². The van der Waals surface area contributed by atoms with Crippen molar-refractivity contribution in [2.75, 3.05) is 18.0 Å². The number of nitrogens with zero attached hydrogens (tertiary/aromatic N) is 2. The number of pyridine rings is 1. The maximum atomic E-state index is 13.1. The second-order valence-electron chi connectivity index (χ2n) is 5.46. The van der Waals surface area contributed by atoms with Crippen LogP contribution in [0.25, 0.3) is 0 Å². The van der Waals surface area contributed by atoms with Gasteiger partial charge in [-0.1, -0.05) is 18.2 Å². The van der Waals surface area contributed by atoms with Crippen molar-refractivity contribution in [3.05, 3.63) is 60.0 Å². The molecule has 2 heterocycles. The lowest BCUT2D eigenvalue weighted by Gasteiger charge is -2.33. The molecule has 2 aromatic rings. The van der Waals surface area contributed by atoms with E-state index in [2.05, 4.69) is 21.3 Å². The lowest BCUT2D eigenvalue weighted by molar-refractivity contribution is 0.412. The maximum absolute atomic E-state index is 13.1. The lowest BCUT2D eigenvalue weighted by atomic mass is 10.0. The average molecular weight is 285 g/mol. The Morgan fingerprint density at radius 2 is 2.00 bits per heavy atom. The fourth-order valence-corrected chi connectivity index (χ4v) is 2.76. The number of benzene rings is 1. The van der Waals surface area contributed by atoms with Crippen molar-refractivity contribution in [2.45, 2.75) is 25.4 Å². The fourth-order valence-electron chi connectivity index (χ4n) is 2.76. The SMILES string of the molecule is Fc1cccc(CNC2CCN(c3ccccn3)CC2)c1. The summed E-state index contributed by atoms with van der Waals surface area (Å²) in [5.74, 6) is 0.889. The number of halogens is 1. The van der Waals surface area contributed by atoms with Gasteiger partial charge < -0.3 is 10.2 Å². The minimum atomic E-state index is -0.167. The predicted octanol–water partition coefficient (Wildman–Crippen LogP) is 2.98.